The third-order valence-electron chi connectivity index (χ3n) is 8.41. The van der Waals surface area contributed by atoms with Crippen molar-refractivity contribution in [2.45, 2.75) is 58.8 Å². The highest BCUT2D eigenvalue weighted by Crippen LogP contribution is 2.81. The zero-order valence-electron chi connectivity index (χ0n) is 14.4. The summed E-state index contributed by atoms with van der Waals surface area (Å²) in [6, 6.07) is 0. The summed E-state index contributed by atoms with van der Waals surface area (Å²) in [5.74, 6) is 2.64. The molecule has 23 heavy (non-hydrogen) atoms. The molecule has 0 aromatic rings. The van der Waals surface area contributed by atoms with E-state index in [9.17, 15) is 9.90 Å². The first-order valence-corrected chi connectivity index (χ1v) is 9.58. The van der Waals surface area contributed by atoms with Crippen LogP contribution in [0.2, 0.25) is 0 Å². The van der Waals surface area contributed by atoms with E-state index < -0.39 is 0 Å². The summed E-state index contributed by atoms with van der Waals surface area (Å²) in [6.07, 6.45) is 10.3. The number of aliphatic hydroxyl groups excluding tert-OH is 1. The average molecular weight is 312 g/mol. The van der Waals surface area contributed by atoms with Crippen LogP contribution >= 0.6 is 0 Å². The van der Waals surface area contributed by atoms with Crippen LogP contribution in [0.25, 0.3) is 0 Å². The second-order valence-corrected chi connectivity index (χ2v) is 9.36. The van der Waals surface area contributed by atoms with Gasteiger partial charge in [-0.2, -0.15) is 0 Å². The molecule has 0 saturated heterocycles. The lowest BCUT2D eigenvalue weighted by Gasteiger charge is -2.53. The first kappa shape index (κ1) is 14.5. The quantitative estimate of drug-likeness (QED) is 0.793. The van der Waals surface area contributed by atoms with Gasteiger partial charge in [-0.05, 0) is 84.3 Å². The predicted octanol–water partition coefficient (Wildman–Crippen LogP) is 4.05. The molecule has 0 heterocycles. The van der Waals surface area contributed by atoms with Gasteiger partial charge < -0.3 is 5.11 Å². The zero-order chi connectivity index (χ0) is 16.0. The molecule has 5 rings (SSSR count). The number of ketones is 1. The Labute approximate surface area is 139 Å². The summed E-state index contributed by atoms with van der Waals surface area (Å²) < 4.78 is 0. The third-order valence-corrected chi connectivity index (χ3v) is 8.41. The molecule has 0 aromatic carbocycles. The van der Waals surface area contributed by atoms with Crippen molar-refractivity contribution in [1.29, 1.82) is 0 Å². The molecule has 0 bridgehead atoms. The lowest BCUT2D eigenvalue weighted by molar-refractivity contribution is -0.115. The van der Waals surface area contributed by atoms with Crippen LogP contribution in [-0.2, 0) is 4.79 Å². The highest BCUT2D eigenvalue weighted by atomic mass is 16.3. The molecule has 3 saturated carbocycles. The van der Waals surface area contributed by atoms with Crippen molar-refractivity contribution in [2.75, 3.05) is 6.61 Å². The van der Waals surface area contributed by atoms with Gasteiger partial charge in [-0.3, -0.25) is 4.79 Å². The second kappa shape index (κ2) is 4.39. The molecular formula is C21H28O2. The van der Waals surface area contributed by atoms with Gasteiger partial charge in [-0.15, -0.1) is 0 Å². The van der Waals surface area contributed by atoms with E-state index in [0.29, 0.717) is 23.2 Å². The maximum absolute atomic E-state index is 12.0. The van der Waals surface area contributed by atoms with E-state index in [1.54, 1.807) is 5.57 Å². The molecule has 0 radical (unpaired) electrons. The van der Waals surface area contributed by atoms with Crippen LogP contribution in [0.5, 0.6) is 0 Å². The van der Waals surface area contributed by atoms with E-state index in [1.165, 1.54) is 43.3 Å². The van der Waals surface area contributed by atoms with Crippen LogP contribution in [0.4, 0.5) is 0 Å². The van der Waals surface area contributed by atoms with E-state index >= 15 is 0 Å². The number of rotatable bonds is 1. The molecule has 124 valence electrons. The van der Waals surface area contributed by atoms with Crippen molar-refractivity contribution in [3.63, 3.8) is 0 Å². The SMILES string of the molecule is CC1CC2=CC(=O)CC(CO)C2=C2CC[C@]3(C)CCC4CC43[C@@H]21. The van der Waals surface area contributed by atoms with Gasteiger partial charge in [0.15, 0.2) is 5.78 Å². The second-order valence-electron chi connectivity index (χ2n) is 9.36. The number of allylic oxidation sites excluding steroid dienone is 3. The van der Waals surface area contributed by atoms with E-state index in [2.05, 4.69) is 13.8 Å². The van der Waals surface area contributed by atoms with Crippen LogP contribution in [0, 0.1) is 34.5 Å². The van der Waals surface area contributed by atoms with Crippen molar-refractivity contribution >= 4 is 5.78 Å². The fraction of sp³-hybridized carbons (Fsp3) is 0.762. The zero-order valence-corrected chi connectivity index (χ0v) is 14.4. The van der Waals surface area contributed by atoms with Crippen LogP contribution in [0.3, 0.4) is 0 Å². The largest absolute Gasteiger partial charge is 0.396 e. The summed E-state index contributed by atoms with van der Waals surface area (Å²) in [7, 11) is 0. The molecule has 0 amide bonds. The maximum atomic E-state index is 12.0. The number of aliphatic hydroxyl groups is 1. The fourth-order valence-electron chi connectivity index (χ4n) is 7.51. The molecule has 1 N–H and O–H groups in total. The number of carbonyl (C=O) groups excluding carboxylic acids is 1. The summed E-state index contributed by atoms with van der Waals surface area (Å²) in [5.41, 5.74) is 5.47. The Morgan fingerprint density at radius 2 is 2.13 bits per heavy atom. The normalized spacial score (nSPS) is 50.7. The lowest BCUT2D eigenvalue weighted by Crippen LogP contribution is -2.44. The fourth-order valence-corrected chi connectivity index (χ4v) is 7.51. The molecule has 6 atom stereocenters. The Hall–Kier alpha value is -0.890. The molecule has 0 aliphatic heterocycles. The molecule has 4 unspecified atom stereocenters. The van der Waals surface area contributed by atoms with Crippen molar-refractivity contribution in [2.24, 2.45) is 34.5 Å². The van der Waals surface area contributed by atoms with Gasteiger partial charge in [-0.1, -0.05) is 19.4 Å². The molecule has 2 heteroatoms. The predicted molar refractivity (Wildman–Crippen MR) is 89.7 cm³/mol. The average Bonchev–Trinajstić information content (AvgIpc) is 3.16. The lowest BCUT2D eigenvalue weighted by atomic mass is 9.51. The van der Waals surface area contributed by atoms with Gasteiger partial charge in [0.1, 0.15) is 0 Å². The molecule has 5 aliphatic rings. The maximum Gasteiger partial charge on any atom is 0.156 e. The minimum absolute atomic E-state index is 0.0758. The Balaban J connectivity index is 1.68. The van der Waals surface area contributed by atoms with E-state index in [4.69, 9.17) is 0 Å². The minimum Gasteiger partial charge on any atom is -0.396 e. The van der Waals surface area contributed by atoms with Crippen LogP contribution in [0.15, 0.2) is 22.8 Å². The van der Waals surface area contributed by atoms with Crippen molar-refractivity contribution < 1.29 is 9.90 Å². The molecule has 0 aromatic heterocycles. The number of hydrogen-bond donors (Lipinski definition) is 1. The van der Waals surface area contributed by atoms with Gasteiger partial charge in [0.2, 0.25) is 0 Å². The number of fused-ring (bicyclic) bond motifs is 2. The first-order chi connectivity index (χ1) is 11.0. The van der Waals surface area contributed by atoms with Crippen molar-refractivity contribution in [1.82, 2.24) is 0 Å². The smallest absolute Gasteiger partial charge is 0.156 e. The van der Waals surface area contributed by atoms with Gasteiger partial charge in [0.25, 0.3) is 0 Å². The topological polar surface area (TPSA) is 37.3 Å². The first-order valence-electron chi connectivity index (χ1n) is 9.58. The molecule has 3 fully saturated rings. The Kier molecular flexibility index (Phi) is 2.76. The summed E-state index contributed by atoms with van der Waals surface area (Å²) in [5, 5.41) is 9.90. The summed E-state index contributed by atoms with van der Waals surface area (Å²) >= 11 is 0. The van der Waals surface area contributed by atoms with Crippen LogP contribution in [-0.4, -0.2) is 17.5 Å². The van der Waals surface area contributed by atoms with E-state index in [1.807, 2.05) is 6.08 Å². The van der Waals surface area contributed by atoms with Crippen LogP contribution in [0.1, 0.15) is 58.8 Å². The Morgan fingerprint density at radius 3 is 2.87 bits per heavy atom. The van der Waals surface area contributed by atoms with Gasteiger partial charge in [-0.25, -0.2) is 0 Å². The third kappa shape index (κ3) is 1.61. The highest BCUT2D eigenvalue weighted by Gasteiger charge is 2.73. The van der Waals surface area contributed by atoms with Crippen LogP contribution < -0.4 is 0 Å². The van der Waals surface area contributed by atoms with E-state index in [0.717, 1.165) is 18.3 Å². The monoisotopic (exact) mass is 312 g/mol. The van der Waals surface area contributed by atoms with Crippen molar-refractivity contribution in [3.8, 4) is 0 Å². The van der Waals surface area contributed by atoms with E-state index in [-0.39, 0.29) is 18.3 Å². The molecular weight excluding hydrogens is 284 g/mol. The summed E-state index contributed by atoms with van der Waals surface area (Å²) in [6.45, 7) is 5.12. The number of carbonyl (C=O) groups is 1. The van der Waals surface area contributed by atoms with Gasteiger partial charge >= 0.3 is 0 Å². The van der Waals surface area contributed by atoms with Gasteiger partial charge in [0.05, 0.1) is 6.61 Å². The molecule has 2 nitrogen and oxygen atoms in total. The molecule has 1 spiro atoms. The minimum atomic E-state index is 0.0758. The highest BCUT2D eigenvalue weighted by molar-refractivity contribution is 5.93. The Morgan fingerprint density at radius 1 is 1.30 bits per heavy atom. The number of hydrogen-bond acceptors (Lipinski definition) is 2. The standard InChI is InChI=1S/C21H28O2/c1-12-7-13-8-16(23)9-14(11-22)18(13)17-4-6-20(2)5-3-15-10-21(15,20)19(12)17/h8,12,14-15,19,22H,3-7,9-11H2,1-2H3/t12?,14?,15?,19-,20+,21?/m1/s1. The summed E-state index contributed by atoms with van der Waals surface area (Å²) in [4.78, 5) is 12.0. The van der Waals surface area contributed by atoms with Gasteiger partial charge in [0, 0.05) is 12.3 Å². The Bertz CT molecular complexity index is 657. The van der Waals surface area contributed by atoms with Crippen molar-refractivity contribution in [3.05, 3.63) is 22.8 Å². The molecule has 5 aliphatic carbocycles.